The van der Waals surface area contributed by atoms with Crippen molar-refractivity contribution in [3.63, 3.8) is 0 Å². The first-order valence-electron chi connectivity index (χ1n) is 7.27. The Hall–Kier alpha value is -1.08. The van der Waals surface area contributed by atoms with Gasteiger partial charge >= 0.3 is 0 Å². The van der Waals surface area contributed by atoms with Gasteiger partial charge < -0.3 is 5.32 Å². The molecule has 18 heavy (non-hydrogen) atoms. The summed E-state index contributed by atoms with van der Waals surface area (Å²) >= 11 is 0. The van der Waals surface area contributed by atoms with Crippen LogP contribution in [0.2, 0.25) is 0 Å². The molecule has 1 N–H and O–H groups in total. The summed E-state index contributed by atoms with van der Waals surface area (Å²) in [4.78, 5) is 0. The summed E-state index contributed by atoms with van der Waals surface area (Å²) in [5.41, 5.74) is 2.97. The fourth-order valence-corrected chi connectivity index (χ4v) is 3.59. The molecule has 0 spiro atoms. The Bertz CT molecular complexity index is 400. The van der Waals surface area contributed by atoms with Gasteiger partial charge in [-0.15, -0.1) is 6.58 Å². The summed E-state index contributed by atoms with van der Waals surface area (Å²) in [6.45, 7) is 5.73. The third-order valence-electron chi connectivity index (χ3n) is 4.69. The van der Waals surface area contributed by atoms with Crippen molar-refractivity contribution in [1.82, 2.24) is 5.32 Å². The lowest BCUT2D eigenvalue weighted by molar-refractivity contribution is 0.294. The Balaban J connectivity index is 1.54. The molecule has 3 aliphatic carbocycles. The molecule has 3 aliphatic rings. The molecular formula is C17H23N. The molecule has 96 valence electrons. The van der Waals surface area contributed by atoms with Crippen molar-refractivity contribution >= 4 is 0 Å². The number of fused-ring (bicyclic) bond motifs is 1. The van der Waals surface area contributed by atoms with Crippen LogP contribution in [-0.4, -0.2) is 6.54 Å². The van der Waals surface area contributed by atoms with Crippen LogP contribution in [0.25, 0.3) is 0 Å². The molecule has 0 radical (unpaired) electrons. The largest absolute Gasteiger partial charge is 0.312 e. The Kier molecular flexibility index (Phi) is 3.51. The first-order valence-corrected chi connectivity index (χ1v) is 7.27. The molecule has 2 bridgehead atoms. The van der Waals surface area contributed by atoms with Crippen LogP contribution < -0.4 is 5.32 Å². The SMILES string of the molecule is C=CCCNCc1ccc(C2CC3CC2C3)cc1. The Morgan fingerprint density at radius 1 is 1.17 bits per heavy atom. The van der Waals surface area contributed by atoms with Gasteiger partial charge in [-0.25, -0.2) is 0 Å². The molecule has 1 aromatic carbocycles. The number of nitrogens with one attached hydrogen (secondary N) is 1. The molecule has 1 atom stereocenters. The van der Waals surface area contributed by atoms with E-state index < -0.39 is 0 Å². The van der Waals surface area contributed by atoms with E-state index in [2.05, 4.69) is 36.2 Å². The van der Waals surface area contributed by atoms with Crippen molar-refractivity contribution in [1.29, 1.82) is 0 Å². The zero-order chi connectivity index (χ0) is 12.4. The van der Waals surface area contributed by atoms with Gasteiger partial charge in [0.15, 0.2) is 0 Å². The molecule has 1 unspecified atom stereocenters. The zero-order valence-electron chi connectivity index (χ0n) is 11.1. The van der Waals surface area contributed by atoms with Crippen LogP contribution in [0.15, 0.2) is 36.9 Å². The van der Waals surface area contributed by atoms with Crippen LogP contribution in [0.3, 0.4) is 0 Å². The lowest BCUT2D eigenvalue weighted by atomic mass is 9.81. The van der Waals surface area contributed by atoms with Gasteiger partial charge in [0.05, 0.1) is 0 Å². The smallest absolute Gasteiger partial charge is 0.0205 e. The van der Waals surface area contributed by atoms with Gasteiger partial charge in [-0.3, -0.25) is 0 Å². The maximum absolute atomic E-state index is 3.73. The number of hydrogen-bond acceptors (Lipinski definition) is 1. The lowest BCUT2D eigenvalue weighted by Gasteiger charge is -2.24. The number of benzene rings is 1. The summed E-state index contributed by atoms with van der Waals surface area (Å²) < 4.78 is 0. The second-order valence-electron chi connectivity index (χ2n) is 5.94. The number of rotatable bonds is 6. The van der Waals surface area contributed by atoms with Gasteiger partial charge in [0.1, 0.15) is 0 Å². The highest BCUT2D eigenvalue weighted by atomic mass is 14.8. The van der Waals surface area contributed by atoms with Crippen molar-refractivity contribution in [2.24, 2.45) is 11.8 Å². The van der Waals surface area contributed by atoms with Crippen LogP contribution >= 0.6 is 0 Å². The molecule has 3 fully saturated rings. The summed E-state index contributed by atoms with van der Waals surface area (Å²) in [6.07, 6.45) is 7.44. The van der Waals surface area contributed by atoms with E-state index in [4.69, 9.17) is 0 Å². The van der Waals surface area contributed by atoms with E-state index >= 15 is 0 Å². The Morgan fingerprint density at radius 3 is 2.56 bits per heavy atom. The molecule has 0 saturated heterocycles. The number of hydrogen-bond donors (Lipinski definition) is 1. The standard InChI is InChI=1S/C17H23N/c1-2-3-8-18-12-13-4-6-15(7-5-13)17-11-14-9-16(17)10-14/h2,4-7,14,16-18H,1,3,8-12H2. The summed E-state index contributed by atoms with van der Waals surface area (Å²) in [5.74, 6) is 2.93. The van der Waals surface area contributed by atoms with E-state index in [1.54, 1.807) is 5.56 Å². The molecule has 1 nitrogen and oxygen atoms in total. The van der Waals surface area contributed by atoms with Gasteiger partial charge in [-0.2, -0.15) is 0 Å². The lowest BCUT2D eigenvalue weighted by Crippen LogP contribution is -2.14. The van der Waals surface area contributed by atoms with Gasteiger partial charge in [-0.05, 0) is 61.1 Å². The van der Waals surface area contributed by atoms with Crippen LogP contribution in [-0.2, 0) is 6.54 Å². The predicted molar refractivity (Wildman–Crippen MR) is 76.5 cm³/mol. The van der Waals surface area contributed by atoms with Crippen molar-refractivity contribution in [3.05, 3.63) is 48.0 Å². The Morgan fingerprint density at radius 2 is 1.94 bits per heavy atom. The first kappa shape index (κ1) is 12.0. The van der Waals surface area contributed by atoms with Crippen molar-refractivity contribution in [3.8, 4) is 0 Å². The zero-order valence-corrected chi connectivity index (χ0v) is 11.1. The molecule has 0 aromatic heterocycles. The molecule has 0 aliphatic heterocycles. The summed E-state index contributed by atoms with van der Waals surface area (Å²) in [7, 11) is 0. The normalized spacial score (nSPS) is 29.0. The quantitative estimate of drug-likeness (QED) is 0.589. The molecular weight excluding hydrogens is 218 g/mol. The average Bonchev–Trinajstić information content (AvgIpc) is 2.95. The highest BCUT2D eigenvalue weighted by Gasteiger charge is 2.44. The summed E-state index contributed by atoms with van der Waals surface area (Å²) in [6, 6.07) is 9.31. The van der Waals surface area contributed by atoms with E-state index in [1.165, 1.54) is 24.8 Å². The van der Waals surface area contributed by atoms with Crippen LogP contribution in [0.4, 0.5) is 0 Å². The molecule has 0 heterocycles. The topological polar surface area (TPSA) is 12.0 Å². The van der Waals surface area contributed by atoms with Gasteiger partial charge in [-0.1, -0.05) is 30.3 Å². The third kappa shape index (κ3) is 2.37. The second-order valence-corrected chi connectivity index (χ2v) is 5.94. The molecule has 3 saturated carbocycles. The maximum Gasteiger partial charge on any atom is 0.0205 e. The Labute approximate surface area is 110 Å². The monoisotopic (exact) mass is 241 g/mol. The highest BCUT2D eigenvalue weighted by Crippen LogP contribution is 2.56. The minimum Gasteiger partial charge on any atom is -0.312 e. The fourth-order valence-electron chi connectivity index (χ4n) is 3.59. The molecule has 1 aromatic rings. The van der Waals surface area contributed by atoms with Crippen molar-refractivity contribution in [2.45, 2.75) is 38.1 Å². The molecule has 1 heteroatoms. The van der Waals surface area contributed by atoms with Crippen LogP contribution in [0, 0.1) is 11.8 Å². The van der Waals surface area contributed by atoms with Crippen LogP contribution in [0.5, 0.6) is 0 Å². The van der Waals surface area contributed by atoms with Crippen molar-refractivity contribution in [2.75, 3.05) is 6.54 Å². The van der Waals surface area contributed by atoms with Gasteiger partial charge in [0.25, 0.3) is 0 Å². The third-order valence-corrected chi connectivity index (χ3v) is 4.69. The maximum atomic E-state index is 3.73. The predicted octanol–water partition coefficient (Wildman–Crippen LogP) is 3.87. The van der Waals surface area contributed by atoms with E-state index in [-0.39, 0.29) is 0 Å². The van der Waals surface area contributed by atoms with Crippen molar-refractivity contribution < 1.29 is 0 Å². The average molecular weight is 241 g/mol. The molecule has 4 rings (SSSR count). The van der Waals surface area contributed by atoms with E-state index in [0.29, 0.717) is 0 Å². The van der Waals surface area contributed by atoms with E-state index in [1.807, 2.05) is 6.08 Å². The minimum absolute atomic E-state index is 0.873. The van der Waals surface area contributed by atoms with Crippen LogP contribution in [0.1, 0.15) is 42.7 Å². The van der Waals surface area contributed by atoms with Gasteiger partial charge in [0.2, 0.25) is 0 Å². The van der Waals surface area contributed by atoms with E-state index in [9.17, 15) is 0 Å². The highest BCUT2D eigenvalue weighted by molar-refractivity contribution is 5.28. The second kappa shape index (κ2) is 5.27. The van der Waals surface area contributed by atoms with E-state index in [0.717, 1.165) is 37.3 Å². The molecule has 0 amide bonds. The van der Waals surface area contributed by atoms with Gasteiger partial charge in [0, 0.05) is 6.54 Å². The summed E-state index contributed by atoms with van der Waals surface area (Å²) in [5, 5.41) is 3.44. The fraction of sp³-hybridized carbons (Fsp3) is 0.529. The minimum atomic E-state index is 0.873. The first-order chi connectivity index (χ1) is 8.86.